The van der Waals surface area contributed by atoms with Crippen molar-refractivity contribution in [2.45, 2.75) is 26.8 Å². The van der Waals surface area contributed by atoms with E-state index >= 15 is 0 Å². The average Bonchev–Trinajstić information content (AvgIpc) is 3.04. The number of hydrogen-bond donors (Lipinski definition) is 1. The number of allylic oxidation sites excluding steroid dienone is 1. The van der Waals surface area contributed by atoms with Crippen LogP contribution in [0.5, 0.6) is 0 Å². The number of aromatic nitrogens is 2. The number of esters is 1. The van der Waals surface area contributed by atoms with Crippen LogP contribution in [0, 0.1) is 12.7 Å². The zero-order valence-electron chi connectivity index (χ0n) is 15.6. The molecule has 8 heteroatoms. The normalized spacial score (nSPS) is 17.1. The second kappa shape index (κ2) is 7.48. The van der Waals surface area contributed by atoms with Crippen LogP contribution in [0.25, 0.3) is 0 Å². The third-order valence-electron chi connectivity index (χ3n) is 4.45. The zero-order chi connectivity index (χ0) is 19.7. The first-order valence-corrected chi connectivity index (χ1v) is 8.97. The van der Waals surface area contributed by atoms with E-state index in [0.717, 1.165) is 5.56 Å². The first kappa shape index (κ1) is 19.0. The van der Waals surface area contributed by atoms with Crippen molar-refractivity contribution < 1.29 is 13.9 Å². The van der Waals surface area contributed by atoms with Gasteiger partial charge in [0.1, 0.15) is 5.82 Å². The van der Waals surface area contributed by atoms with Gasteiger partial charge in [0.2, 0.25) is 0 Å². The SMILES string of the molecule is CCOC(=O)C1=C(C)N(c2ccc(C)c(F)c2)C(=S)NC1c1cnn(C)c1. The van der Waals surface area contributed by atoms with Crippen molar-refractivity contribution in [3.05, 3.63) is 58.8 Å². The molecule has 1 aliphatic rings. The molecule has 2 aromatic rings. The number of carbonyl (C=O) groups is 1. The number of thiocarbonyl (C=S) groups is 1. The highest BCUT2D eigenvalue weighted by atomic mass is 32.1. The van der Waals surface area contributed by atoms with Crippen LogP contribution in [0.1, 0.15) is 31.0 Å². The predicted molar refractivity (Wildman–Crippen MR) is 105 cm³/mol. The van der Waals surface area contributed by atoms with Gasteiger partial charge in [-0.3, -0.25) is 9.58 Å². The number of ether oxygens (including phenoxy) is 1. The van der Waals surface area contributed by atoms with Gasteiger partial charge in [0.05, 0.1) is 30.1 Å². The number of hydrogen-bond acceptors (Lipinski definition) is 4. The molecule has 1 unspecified atom stereocenters. The molecule has 0 radical (unpaired) electrons. The number of anilines is 1. The Labute approximate surface area is 162 Å². The fraction of sp³-hybridized carbons (Fsp3) is 0.316. The number of nitrogens with one attached hydrogen (secondary N) is 1. The Morgan fingerprint density at radius 3 is 2.74 bits per heavy atom. The highest BCUT2D eigenvalue weighted by Gasteiger charge is 2.36. The number of benzene rings is 1. The third kappa shape index (κ3) is 3.57. The van der Waals surface area contributed by atoms with Crippen LogP contribution < -0.4 is 10.2 Å². The smallest absolute Gasteiger partial charge is 0.338 e. The summed E-state index contributed by atoms with van der Waals surface area (Å²) in [5, 5.41) is 7.72. The summed E-state index contributed by atoms with van der Waals surface area (Å²) in [6, 6.07) is 4.36. The fourth-order valence-corrected chi connectivity index (χ4v) is 3.45. The molecule has 142 valence electrons. The summed E-state index contributed by atoms with van der Waals surface area (Å²) < 4.78 is 21.0. The maximum atomic E-state index is 14.1. The molecule has 6 nitrogen and oxygen atoms in total. The average molecular weight is 388 g/mol. The number of aryl methyl sites for hydroxylation is 2. The highest BCUT2D eigenvalue weighted by molar-refractivity contribution is 7.80. The molecule has 0 saturated heterocycles. The summed E-state index contributed by atoms with van der Waals surface area (Å²) in [5.41, 5.74) is 2.88. The maximum Gasteiger partial charge on any atom is 0.338 e. The minimum Gasteiger partial charge on any atom is -0.463 e. The largest absolute Gasteiger partial charge is 0.463 e. The zero-order valence-corrected chi connectivity index (χ0v) is 16.4. The Balaban J connectivity index is 2.13. The molecule has 0 bridgehead atoms. The van der Waals surface area contributed by atoms with Crippen LogP contribution in [0.4, 0.5) is 10.1 Å². The van der Waals surface area contributed by atoms with Gasteiger partial charge in [0.15, 0.2) is 5.11 Å². The summed E-state index contributed by atoms with van der Waals surface area (Å²) in [6.45, 7) is 5.47. The standard InChI is InChI=1S/C19H21FN4O2S/c1-5-26-18(25)16-12(3)24(14-7-6-11(2)15(20)8-14)19(27)22-17(16)13-9-21-23(4)10-13/h6-10,17H,5H2,1-4H3,(H,22,27). The second-order valence-corrected chi connectivity index (χ2v) is 6.70. The van der Waals surface area contributed by atoms with E-state index in [2.05, 4.69) is 10.4 Å². The third-order valence-corrected chi connectivity index (χ3v) is 4.75. The topological polar surface area (TPSA) is 59.4 Å². The Kier molecular flexibility index (Phi) is 5.27. The van der Waals surface area contributed by atoms with Crippen LogP contribution in [0.3, 0.4) is 0 Å². The first-order chi connectivity index (χ1) is 12.8. The molecule has 0 amide bonds. The van der Waals surface area contributed by atoms with Gasteiger partial charge in [-0.2, -0.15) is 5.10 Å². The van der Waals surface area contributed by atoms with Crippen molar-refractivity contribution >= 4 is 29.0 Å². The lowest BCUT2D eigenvalue weighted by Gasteiger charge is -2.37. The summed E-state index contributed by atoms with van der Waals surface area (Å²) in [5.74, 6) is -0.786. The van der Waals surface area contributed by atoms with E-state index in [4.69, 9.17) is 17.0 Å². The van der Waals surface area contributed by atoms with Crippen LogP contribution >= 0.6 is 12.2 Å². The minimum atomic E-state index is -0.489. The second-order valence-electron chi connectivity index (χ2n) is 6.32. The van der Waals surface area contributed by atoms with Gasteiger partial charge in [0, 0.05) is 24.5 Å². The van der Waals surface area contributed by atoms with Crippen LogP contribution in [0.15, 0.2) is 41.9 Å². The predicted octanol–water partition coefficient (Wildman–Crippen LogP) is 3.14. The van der Waals surface area contributed by atoms with Crippen molar-refractivity contribution in [2.24, 2.45) is 7.05 Å². The fourth-order valence-electron chi connectivity index (χ4n) is 3.09. The number of nitrogens with zero attached hydrogens (tertiary/aromatic N) is 3. The van der Waals surface area contributed by atoms with E-state index in [-0.39, 0.29) is 12.4 Å². The molecule has 1 aromatic heterocycles. The molecule has 1 aromatic carbocycles. The highest BCUT2D eigenvalue weighted by Crippen LogP contribution is 2.34. The quantitative estimate of drug-likeness (QED) is 0.641. The summed E-state index contributed by atoms with van der Waals surface area (Å²) in [4.78, 5) is 14.4. The van der Waals surface area contributed by atoms with Crippen molar-refractivity contribution in [1.82, 2.24) is 15.1 Å². The Morgan fingerprint density at radius 1 is 1.41 bits per heavy atom. The number of rotatable bonds is 4. The molecule has 27 heavy (non-hydrogen) atoms. The Bertz CT molecular complexity index is 938. The molecule has 3 rings (SSSR count). The van der Waals surface area contributed by atoms with Crippen LogP contribution in [-0.2, 0) is 16.6 Å². The molecule has 0 saturated carbocycles. The molecular weight excluding hydrogens is 367 g/mol. The first-order valence-electron chi connectivity index (χ1n) is 8.56. The van der Waals surface area contributed by atoms with E-state index < -0.39 is 12.0 Å². The van der Waals surface area contributed by atoms with Gasteiger partial charge < -0.3 is 10.1 Å². The minimum absolute atomic E-state index is 0.249. The molecule has 1 aliphatic heterocycles. The van der Waals surface area contributed by atoms with Gasteiger partial charge in [-0.25, -0.2) is 9.18 Å². The van der Waals surface area contributed by atoms with Crippen LogP contribution in [0.2, 0.25) is 0 Å². The molecule has 0 fully saturated rings. The molecule has 0 spiro atoms. The van der Waals surface area contributed by atoms with Gasteiger partial charge in [-0.1, -0.05) is 6.07 Å². The lowest BCUT2D eigenvalue weighted by molar-refractivity contribution is -0.139. The summed E-state index contributed by atoms with van der Waals surface area (Å²) >= 11 is 5.53. The van der Waals surface area contributed by atoms with Crippen molar-refractivity contribution in [3.8, 4) is 0 Å². The van der Waals surface area contributed by atoms with E-state index in [9.17, 15) is 9.18 Å². The Morgan fingerprint density at radius 2 is 2.15 bits per heavy atom. The molecule has 0 aliphatic carbocycles. The lowest BCUT2D eigenvalue weighted by atomic mass is 9.97. The summed E-state index contributed by atoms with van der Waals surface area (Å²) in [7, 11) is 1.80. The number of carbonyl (C=O) groups excluding carboxylic acids is 1. The van der Waals surface area contributed by atoms with E-state index in [1.165, 1.54) is 6.07 Å². The molecular formula is C19H21FN4O2S. The van der Waals surface area contributed by atoms with E-state index in [0.29, 0.717) is 27.6 Å². The van der Waals surface area contributed by atoms with E-state index in [1.807, 2.05) is 6.20 Å². The maximum absolute atomic E-state index is 14.1. The Hall–Kier alpha value is -2.74. The van der Waals surface area contributed by atoms with Crippen LogP contribution in [-0.4, -0.2) is 27.5 Å². The van der Waals surface area contributed by atoms with Crippen molar-refractivity contribution in [2.75, 3.05) is 11.5 Å². The molecule has 2 heterocycles. The van der Waals surface area contributed by atoms with Gasteiger partial charge in [0.25, 0.3) is 0 Å². The van der Waals surface area contributed by atoms with Gasteiger partial charge in [-0.15, -0.1) is 0 Å². The number of halogens is 1. The van der Waals surface area contributed by atoms with Gasteiger partial charge >= 0.3 is 5.97 Å². The molecule has 1 atom stereocenters. The summed E-state index contributed by atoms with van der Waals surface area (Å²) in [6.07, 6.45) is 3.49. The van der Waals surface area contributed by atoms with Gasteiger partial charge in [-0.05, 0) is 50.7 Å². The lowest BCUT2D eigenvalue weighted by Crippen LogP contribution is -2.48. The molecule has 1 N–H and O–H groups in total. The van der Waals surface area contributed by atoms with Crippen molar-refractivity contribution in [1.29, 1.82) is 0 Å². The monoisotopic (exact) mass is 388 g/mol. The van der Waals surface area contributed by atoms with E-state index in [1.54, 1.807) is 55.7 Å². The van der Waals surface area contributed by atoms with Crippen molar-refractivity contribution in [3.63, 3.8) is 0 Å².